The van der Waals surface area contributed by atoms with E-state index in [9.17, 15) is 0 Å². The Morgan fingerprint density at radius 1 is 0.920 bits per heavy atom. The number of aryl methyl sites for hydroxylation is 1. The predicted molar refractivity (Wildman–Crippen MR) is 103 cm³/mol. The van der Waals surface area contributed by atoms with Crippen LogP contribution in [0.5, 0.6) is 0 Å². The van der Waals surface area contributed by atoms with Crippen LogP contribution in [-0.2, 0) is 13.0 Å². The number of nitrogens with zero attached hydrogens (tertiary/aromatic N) is 1. The molecule has 3 N–H and O–H groups in total. The van der Waals surface area contributed by atoms with Crippen LogP contribution in [0.1, 0.15) is 22.3 Å². The number of guanidine groups is 1. The number of hydrogen-bond donors (Lipinski definition) is 3. The van der Waals surface area contributed by atoms with Gasteiger partial charge in [0.05, 0.1) is 0 Å². The Hall–Kier alpha value is -3.14. The molecule has 0 amide bonds. The monoisotopic (exact) mass is 330 g/mol. The lowest BCUT2D eigenvalue weighted by atomic mass is 10.0. The smallest absolute Gasteiger partial charge is 0.194 e. The molecule has 1 heterocycles. The Bertz CT molecular complexity index is 843. The molecule has 0 fully saturated rings. The van der Waals surface area contributed by atoms with E-state index in [2.05, 4.69) is 40.7 Å². The molecule has 0 bridgehead atoms. The molecule has 3 aromatic rings. The summed E-state index contributed by atoms with van der Waals surface area (Å²) in [5.74, 6) is 0.963. The molecule has 0 spiro atoms. The zero-order chi connectivity index (χ0) is 17.5. The normalized spacial score (nSPS) is 10.3. The number of aromatic nitrogens is 1. The molecule has 4 heteroatoms. The first kappa shape index (κ1) is 16.7. The van der Waals surface area contributed by atoms with Crippen molar-refractivity contribution in [3.05, 3.63) is 95.2 Å². The molecule has 4 nitrogen and oxygen atoms in total. The van der Waals surface area contributed by atoms with Crippen LogP contribution in [0.4, 0.5) is 5.82 Å². The maximum Gasteiger partial charge on any atom is 0.194 e. The minimum atomic E-state index is 0.244. The fourth-order valence-corrected chi connectivity index (χ4v) is 2.66. The quantitative estimate of drug-likeness (QED) is 0.487. The summed E-state index contributed by atoms with van der Waals surface area (Å²) in [6.07, 6.45) is 2.53. The number of anilines is 1. The van der Waals surface area contributed by atoms with E-state index in [0.29, 0.717) is 6.54 Å². The highest BCUT2D eigenvalue weighted by Gasteiger charge is 2.08. The first-order valence-electron chi connectivity index (χ1n) is 8.34. The molecular weight excluding hydrogens is 308 g/mol. The molecule has 0 radical (unpaired) electrons. The highest BCUT2D eigenvalue weighted by atomic mass is 15.2. The van der Waals surface area contributed by atoms with Gasteiger partial charge in [-0.1, -0.05) is 60.7 Å². The van der Waals surface area contributed by atoms with Crippen LogP contribution in [-0.4, -0.2) is 10.9 Å². The number of benzene rings is 2. The SMILES string of the molecule is Cc1ccccc1Cc1cccnc1NC(=N)NCc1ccccc1. The van der Waals surface area contributed by atoms with Gasteiger partial charge in [0, 0.05) is 19.2 Å². The first-order valence-corrected chi connectivity index (χ1v) is 8.34. The van der Waals surface area contributed by atoms with Crippen LogP contribution in [0.2, 0.25) is 0 Å². The Balaban J connectivity index is 1.66. The van der Waals surface area contributed by atoms with E-state index in [-0.39, 0.29) is 5.96 Å². The molecule has 0 saturated heterocycles. The van der Waals surface area contributed by atoms with Crippen LogP contribution < -0.4 is 10.6 Å². The average molecular weight is 330 g/mol. The number of nitrogens with one attached hydrogen (secondary N) is 3. The second-order valence-electron chi connectivity index (χ2n) is 5.95. The van der Waals surface area contributed by atoms with E-state index in [1.165, 1.54) is 11.1 Å². The van der Waals surface area contributed by atoms with Gasteiger partial charge in [-0.3, -0.25) is 5.41 Å². The first-order chi connectivity index (χ1) is 12.2. The molecule has 126 valence electrons. The van der Waals surface area contributed by atoms with Crippen molar-refractivity contribution in [3.8, 4) is 0 Å². The summed E-state index contributed by atoms with van der Waals surface area (Å²) in [6, 6.07) is 22.4. The summed E-state index contributed by atoms with van der Waals surface area (Å²) in [6.45, 7) is 2.72. The molecule has 0 atom stereocenters. The zero-order valence-electron chi connectivity index (χ0n) is 14.3. The third kappa shape index (κ3) is 4.67. The van der Waals surface area contributed by atoms with Crippen molar-refractivity contribution in [2.45, 2.75) is 19.9 Å². The van der Waals surface area contributed by atoms with Crippen LogP contribution in [0.15, 0.2) is 72.9 Å². The Labute approximate surface area is 148 Å². The standard InChI is InChI=1S/C21H22N4/c1-16-8-5-6-11-18(16)14-19-12-7-13-23-20(19)25-21(22)24-15-17-9-3-2-4-10-17/h2-13H,14-15H2,1H3,(H3,22,23,24,25). The lowest BCUT2D eigenvalue weighted by Crippen LogP contribution is -2.29. The van der Waals surface area contributed by atoms with Gasteiger partial charge in [0.15, 0.2) is 5.96 Å². The van der Waals surface area contributed by atoms with Crippen molar-refractivity contribution in [3.63, 3.8) is 0 Å². The molecule has 0 aliphatic carbocycles. The lowest BCUT2D eigenvalue weighted by Gasteiger charge is -2.14. The molecule has 0 saturated carbocycles. The third-order valence-corrected chi connectivity index (χ3v) is 4.09. The highest BCUT2D eigenvalue weighted by molar-refractivity contribution is 5.90. The largest absolute Gasteiger partial charge is 0.352 e. The molecule has 0 aliphatic rings. The van der Waals surface area contributed by atoms with Crippen LogP contribution in [0.25, 0.3) is 0 Å². The van der Waals surface area contributed by atoms with Gasteiger partial charge in [0.2, 0.25) is 0 Å². The van der Waals surface area contributed by atoms with Gasteiger partial charge in [0.25, 0.3) is 0 Å². The topological polar surface area (TPSA) is 60.8 Å². The third-order valence-electron chi connectivity index (χ3n) is 4.09. The van der Waals surface area contributed by atoms with E-state index in [4.69, 9.17) is 5.41 Å². The van der Waals surface area contributed by atoms with Gasteiger partial charge in [0.1, 0.15) is 5.82 Å². The number of rotatable bonds is 5. The van der Waals surface area contributed by atoms with Crippen molar-refractivity contribution < 1.29 is 0 Å². The molecule has 25 heavy (non-hydrogen) atoms. The molecule has 2 aromatic carbocycles. The van der Waals surface area contributed by atoms with Gasteiger partial charge in [-0.15, -0.1) is 0 Å². The summed E-state index contributed by atoms with van der Waals surface area (Å²) in [4.78, 5) is 4.41. The van der Waals surface area contributed by atoms with Gasteiger partial charge in [-0.25, -0.2) is 4.98 Å². The number of pyridine rings is 1. The highest BCUT2D eigenvalue weighted by Crippen LogP contribution is 2.18. The van der Waals surface area contributed by atoms with Crippen molar-refractivity contribution in [2.24, 2.45) is 0 Å². The Morgan fingerprint density at radius 2 is 1.64 bits per heavy atom. The molecular formula is C21H22N4. The summed E-state index contributed by atoms with van der Waals surface area (Å²) in [5.41, 5.74) is 4.73. The maximum atomic E-state index is 8.13. The van der Waals surface area contributed by atoms with Crippen molar-refractivity contribution in [1.29, 1.82) is 5.41 Å². The minimum absolute atomic E-state index is 0.244. The Morgan fingerprint density at radius 3 is 2.44 bits per heavy atom. The van der Waals surface area contributed by atoms with Crippen molar-refractivity contribution in [1.82, 2.24) is 10.3 Å². The summed E-state index contributed by atoms with van der Waals surface area (Å²) >= 11 is 0. The van der Waals surface area contributed by atoms with Gasteiger partial charge >= 0.3 is 0 Å². The number of hydrogen-bond acceptors (Lipinski definition) is 2. The molecule has 0 aliphatic heterocycles. The molecule has 0 unspecified atom stereocenters. The minimum Gasteiger partial charge on any atom is -0.352 e. The average Bonchev–Trinajstić information content (AvgIpc) is 2.64. The Kier molecular flexibility index (Phi) is 5.42. The van der Waals surface area contributed by atoms with Crippen molar-refractivity contribution in [2.75, 3.05) is 5.32 Å². The fourth-order valence-electron chi connectivity index (χ4n) is 2.66. The summed E-state index contributed by atoms with van der Waals surface area (Å²) in [5, 5.41) is 14.3. The van der Waals surface area contributed by atoms with E-state index in [0.717, 1.165) is 23.4 Å². The second kappa shape index (κ2) is 8.11. The van der Waals surface area contributed by atoms with E-state index in [1.807, 2.05) is 48.5 Å². The van der Waals surface area contributed by atoms with Gasteiger partial charge in [-0.2, -0.15) is 0 Å². The molecule has 1 aromatic heterocycles. The molecule has 3 rings (SSSR count). The van der Waals surface area contributed by atoms with Crippen LogP contribution in [0.3, 0.4) is 0 Å². The fraction of sp³-hybridized carbons (Fsp3) is 0.143. The van der Waals surface area contributed by atoms with Crippen LogP contribution >= 0.6 is 0 Å². The summed E-state index contributed by atoms with van der Waals surface area (Å²) in [7, 11) is 0. The van der Waals surface area contributed by atoms with Crippen molar-refractivity contribution >= 4 is 11.8 Å². The van der Waals surface area contributed by atoms with E-state index < -0.39 is 0 Å². The van der Waals surface area contributed by atoms with Crippen LogP contribution in [0, 0.1) is 12.3 Å². The van der Waals surface area contributed by atoms with E-state index >= 15 is 0 Å². The van der Waals surface area contributed by atoms with E-state index in [1.54, 1.807) is 6.20 Å². The lowest BCUT2D eigenvalue weighted by molar-refractivity contribution is 0.902. The zero-order valence-corrected chi connectivity index (χ0v) is 14.3. The predicted octanol–water partition coefficient (Wildman–Crippen LogP) is 4.12. The second-order valence-corrected chi connectivity index (χ2v) is 5.95. The van der Waals surface area contributed by atoms with Gasteiger partial charge in [-0.05, 0) is 35.2 Å². The maximum absolute atomic E-state index is 8.13. The summed E-state index contributed by atoms with van der Waals surface area (Å²) < 4.78 is 0. The van der Waals surface area contributed by atoms with Gasteiger partial charge < -0.3 is 10.6 Å².